The predicted octanol–water partition coefficient (Wildman–Crippen LogP) is 3.48. The van der Waals surface area contributed by atoms with Crippen molar-refractivity contribution in [2.24, 2.45) is 4.99 Å². The molecule has 0 spiro atoms. The molecule has 1 aromatic carbocycles. The van der Waals surface area contributed by atoms with Gasteiger partial charge < -0.3 is 13.9 Å². The fourth-order valence-corrected chi connectivity index (χ4v) is 2.58. The summed E-state index contributed by atoms with van der Waals surface area (Å²) in [5.41, 5.74) is 1.06. The average molecular weight is 390 g/mol. The number of cyclic esters (lactones) is 1. The van der Waals surface area contributed by atoms with Crippen molar-refractivity contribution in [3.8, 4) is 0 Å². The zero-order valence-corrected chi connectivity index (χ0v) is 14.4. The topological polar surface area (TPSA) is 78.1 Å². The summed E-state index contributed by atoms with van der Waals surface area (Å²) in [6.07, 6.45) is 1.42. The van der Waals surface area contributed by atoms with Gasteiger partial charge in [0.05, 0.1) is 7.11 Å². The Morgan fingerprint density at radius 1 is 1.33 bits per heavy atom. The lowest BCUT2D eigenvalue weighted by atomic mass is 10.2. The first-order chi connectivity index (χ1) is 11.5. The molecule has 3 rings (SSSR count). The molecule has 0 atom stereocenters. The number of aliphatic imine (C=N–C) groups is 1. The van der Waals surface area contributed by atoms with Gasteiger partial charge in [-0.15, -0.1) is 0 Å². The number of ether oxygens (including phenoxy) is 2. The van der Waals surface area contributed by atoms with Gasteiger partial charge in [0.15, 0.2) is 5.70 Å². The molecule has 0 bridgehead atoms. The summed E-state index contributed by atoms with van der Waals surface area (Å²) in [4.78, 5) is 27.8. The molecule has 0 saturated heterocycles. The Labute approximate surface area is 145 Å². The molecule has 0 fully saturated rings. The van der Waals surface area contributed by atoms with Crippen molar-refractivity contribution < 1.29 is 23.5 Å². The first-order valence-electron chi connectivity index (χ1n) is 6.95. The Hall–Kier alpha value is -2.67. The van der Waals surface area contributed by atoms with Gasteiger partial charge in [-0.05, 0) is 31.2 Å². The highest BCUT2D eigenvalue weighted by Gasteiger charge is 2.25. The van der Waals surface area contributed by atoms with Gasteiger partial charge in [0.25, 0.3) is 0 Å². The van der Waals surface area contributed by atoms with Crippen LogP contribution in [0.4, 0.5) is 0 Å². The van der Waals surface area contributed by atoms with Crippen LogP contribution in [0, 0.1) is 6.92 Å². The summed E-state index contributed by atoms with van der Waals surface area (Å²) in [5.74, 6) is -0.161. The van der Waals surface area contributed by atoms with E-state index in [0.717, 1.165) is 4.47 Å². The third-order valence-electron chi connectivity index (χ3n) is 3.31. The molecule has 0 amide bonds. The second-order valence-corrected chi connectivity index (χ2v) is 5.87. The molecule has 6 nitrogen and oxygen atoms in total. The monoisotopic (exact) mass is 389 g/mol. The number of aryl methyl sites for hydroxylation is 1. The lowest BCUT2D eigenvalue weighted by molar-refractivity contribution is -0.129. The number of carbonyl (C=O) groups excluding carboxylic acids is 2. The van der Waals surface area contributed by atoms with E-state index in [2.05, 4.69) is 25.7 Å². The van der Waals surface area contributed by atoms with E-state index in [1.807, 2.05) is 12.1 Å². The van der Waals surface area contributed by atoms with Crippen LogP contribution in [0.25, 0.3) is 6.08 Å². The maximum atomic E-state index is 12.0. The smallest absolute Gasteiger partial charge is 0.363 e. The molecular formula is C17H12BrNO5. The standard InChI is InChI=1S/C17H12BrNO5/c1-9-13(16(20)22-2)7-12(23-9)8-14-17(21)24-15(19-14)10-4-3-5-11(18)6-10/h3-8H,1-2H3. The van der Waals surface area contributed by atoms with Crippen molar-refractivity contribution in [3.05, 3.63) is 63.1 Å². The van der Waals surface area contributed by atoms with E-state index < -0.39 is 11.9 Å². The van der Waals surface area contributed by atoms with Crippen LogP contribution in [-0.4, -0.2) is 24.9 Å². The maximum absolute atomic E-state index is 12.0. The van der Waals surface area contributed by atoms with Crippen molar-refractivity contribution in [1.82, 2.24) is 0 Å². The SMILES string of the molecule is COC(=O)c1cc(C=C2N=C(c3cccc(Br)c3)OC2=O)oc1C. The lowest BCUT2D eigenvalue weighted by Gasteiger charge is -1.99. The highest BCUT2D eigenvalue weighted by Crippen LogP contribution is 2.23. The third-order valence-corrected chi connectivity index (χ3v) is 3.81. The predicted molar refractivity (Wildman–Crippen MR) is 89.5 cm³/mol. The molecule has 0 unspecified atom stereocenters. The van der Waals surface area contributed by atoms with Crippen molar-refractivity contribution in [3.63, 3.8) is 0 Å². The highest BCUT2D eigenvalue weighted by molar-refractivity contribution is 9.10. The van der Waals surface area contributed by atoms with Crippen molar-refractivity contribution >= 4 is 39.8 Å². The maximum Gasteiger partial charge on any atom is 0.363 e. The molecule has 1 aliphatic rings. The molecule has 2 aromatic rings. The van der Waals surface area contributed by atoms with Gasteiger partial charge in [-0.2, -0.15) is 0 Å². The molecule has 2 heterocycles. The number of carbonyl (C=O) groups is 2. The normalized spacial score (nSPS) is 15.4. The number of halogens is 1. The zero-order chi connectivity index (χ0) is 17.3. The Bertz CT molecular complexity index is 894. The fraction of sp³-hybridized carbons (Fsp3) is 0.118. The van der Waals surface area contributed by atoms with Gasteiger partial charge >= 0.3 is 11.9 Å². The van der Waals surface area contributed by atoms with Crippen LogP contribution in [0.3, 0.4) is 0 Å². The Kier molecular flexibility index (Phi) is 4.35. The number of rotatable bonds is 3. The van der Waals surface area contributed by atoms with Crippen LogP contribution >= 0.6 is 15.9 Å². The van der Waals surface area contributed by atoms with E-state index in [1.165, 1.54) is 19.3 Å². The minimum absolute atomic E-state index is 0.0927. The molecule has 7 heteroatoms. The van der Waals surface area contributed by atoms with Gasteiger partial charge in [-0.1, -0.05) is 22.0 Å². The van der Waals surface area contributed by atoms with Crippen LogP contribution in [-0.2, 0) is 14.3 Å². The van der Waals surface area contributed by atoms with Crippen LogP contribution in [0.15, 0.2) is 49.9 Å². The Morgan fingerprint density at radius 2 is 2.12 bits per heavy atom. The van der Waals surface area contributed by atoms with E-state index in [-0.39, 0.29) is 11.6 Å². The molecule has 0 saturated carbocycles. The number of nitrogens with zero attached hydrogens (tertiary/aromatic N) is 1. The van der Waals surface area contributed by atoms with Gasteiger partial charge in [0.1, 0.15) is 17.1 Å². The van der Waals surface area contributed by atoms with Crippen LogP contribution < -0.4 is 0 Å². The number of methoxy groups -OCH3 is 1. The minimum atomic E-state index is -0.585. The molecule has 122 valence electrons. The summed E-state index contributed by atoms with van der Waals surface area (Å²) in [5, 5.41) is 0. The van der Waals surface area contributed by atoms with Gasteiger partial charge in [-0.3, -0.25) is 0 Å². The minimum Gasteiger partial charge on any atom is -0.465 e. The summed E-state index contributed by atoms with van der Waals surface area (Å²) < 4.78 is 16.1. The number of esters is 2. The molecule has 1 aromatic heterocycles. The molecule has 24 heavy (non-hydrogen) atoms. The number of benzene rings is 1. The molecule has 0 aliphatic carbocycles. The van der Waals surface area contributed by atoms with E-state index in [0.29, 0.717) is 22.6 Å². The average Bonchev–Trinajstić information content (AvgIpc) is 3.10. The molecular weight excluding hydrogens is 378 g/mol. The Balaban J connectivity index is 1.93. The first kappa shape index (κ1) is 16.2. The first-order valence-corrected chi connectivity index (χ1v) is 7.74. The van der Waals surface area contributed by atoms with Gasteiger partial charge in [-0.25, -0.2) is 14.6 Å². The molecule has 0 N–H and O–H groups in total. The second-order valence-electron chi connectivity index (χ2n) is 4.96. The van der Waals surface area contributed by atoms with E-state index in [4.69, 9.17) is 9.15 Å². The van der Waals surface area contributed by atoms with E-state index >= 15 is 0 Å². The molecule has 1 aliphatic heterocycles. The summed E-state index contributed by atoms with van der Waals surface area (Å²) in [6.45, 7) is 1.64. The zero-order valence-electron chi connectivity index (χ0n) is 12.8. The summed E-state index contributed by atoms with van der Waals surface area (Å²) in [6, 6.07) is 8.75. The number of hydrogen-bond donors (Lipinski definition) is 0. The number of furan rings is 1. The second kappa shape index (κ2) is 6.45. The third kappa shape index (κ3) is 3.16. The van der Waals surface area contributed by atoms with E-state index in [9.17, 15) is 9.59 Å². The fourth-order valence-electron chi connectivity index (χ4n) is 2.18. The van der Waals surface area contributed by atoms with E-state index in [1.54, 1.807) is 19.1 Å². The van der Waals surface area contributed by atoms with Gasteiger partial charge in [0.2, 0.25) is 5.90 Å². The Morgan fingerprint density at radius 3 is 2.83 bits per heavy atom. The van der Waals surface area contributed by atoms with Crippen LogP contribution in [0.1, 0.15) is 27.4 Å². The van der Waals surface area contributed by atoms with Crippen LogP contribution in [0.2, 0.25) is 0 Å². The van der Waals surface area contributed by atoms with Crippen LogP contribution in [0.5, 0.6) is 0 Å². The quantitative estimate of drug-likeness (QED) is 0.592. The van der Waals surface area contributed by atoms with Crippen molar-refractivity contribution in [1.29, 1.82) is 0 Å². The largest absolute Gasteiger partial charge is 0.465 e. The summed E-state index contributed by atoms with van der Waals surface area (Å²) in [7, 11) is 1.29. The lowest BCUT2D eigenvalue weighted by Crippen LogP contribution is -2.05. The van der Waals surface area contributed by atoms with Gasteiger partial charge in [0, 0.05) is 16.1 Å². The number of hydrogen-bond acceptors (Lipinski definition) is 6. The van der Waals surface area contributed by atoms with Crippen molar-refractivity contribution in [2.45, 2.75) is 6.92 Å². The molecule has 0 radical (unpaired) electrons. The summed E-state index contributed by atoms with van der Waals surface area (Å²) >= 11 is 3.36. The highest BCUT2D eigenvalue weighted by atomic mass is 79.9. The van der Waals surface area contributed by atoms with Crippen molar-refractivity contribution in [2.75, 3.05) is 7.11 Å².